The maximum atomic E-state index is 8.74. The van der Waals surface area contributed by atoms with E-state index in [1.807, 2.05) is 20.0 Å². The lowest BCUT2D eigenvalue weighted by atomic mass is 10.1. The first kappa shape index (κ1) is 11.0. The fourth-order valence-corrected chi connectivity index (χ4v) is 1.57. The summed E-state index contributed by atoms with van der Waals surface area (Å²) >= 11 is 0. The van der Waals surface area contributed by atoms with Gasteiger partial charge >= 0.3 is 0 Å². The van der Waals surface area contributed by atoms with E-state index in [1.54, 1.807) is 7.11 Å². The van der Waals surface area contributed by atoms with Gasteiger partial charge in [0.05, 0.1) is 7.11 Å². The zero-order chi connectivity index (χ0) is 10.6. The number of hydrogen-bond donors (Lipinski definition) is 1. The molecule has 0 saturated carbocycles. The van der Waals surface area contributed by atoms with Crippen LogP contribution in [0.4, 0.5) is 0 Å². The number of pyridine rings is 1. The van der Waals surface area contributed by atoms with Crippen LogP contribution in [0.1, 0.15) is 23.2 Å². The highest BCUT2D eigenvalue weighted by Crippen LogP contribution is 2.24. The molecule has 1 rings (SSSR count). The van der Waals surface area contributed by atoms with Crippen molar-refractivity contribution in [3.05, 3.63) is 23.0 Å². The Hall–Kier alpha value is -1.09. The number of ether oxygens (including phenoxy) is 1. The standard InChI is InChI=1S/C11H17NO2/c1-8-7-12-10(5-4-6-13)9(2)11(8)14-3/h7,13H,4-6H2,1-3H3. The van der Waals surface area contributed by atoms with E-state index in [9.17, 15) is 0 Å². The number of methoxy groups -OCH3 is 1. The molecule has 0 aliphatic carbocycles. The highest BCUT2D eigenvalue weighted by molar-refractivity contribution is 5.41. The first-order chi connectivity index (χ1) is 6.70. The zero-order valence-corrected chi connectivity index (χ0v) is 9.00. The number of aliphatic hydroxyl groups is 1. The lowest BCUT2D eigenvalue weighted by Crippen LogP contribution is -2.01. The van der Waals surface area contributed by atoms with Gasteiger partial charge in [0.15, 0.2) is 0 Å². The summed E-state index contributed by atoms with van der Waals surface area (Å²) in [4.78, 5) is 4.33. The van der Waals surface area contributed by atoms with Gasteiger partial charge in [-0.15, -0.1) is 0 Å². The molecule has 0 aromatic carbocycles. The van der Waals surface area contributed by atoms with E-state index < -0.39 is 0 Å². The molecule has 14 heavy (non-hydrogen) atoms. The van der Waals surface area contributed by atoms with E-state index >= 15 is 0 Å². The molecule has 0 amide bonds. The molecule has 78 valence electrons. The predicted molar refractivity (Wildman–Crippen MR) is 55.7 cm³/mol. The Morgan fingerprint density at radius 3 is 2.71 bits per heavy atom. The lowest BCUT2D eigenvalue weighted by Gasteiger charge is -2.11. The maximum absolute atomic E-state index is 8.74. The molecule has 3 heteroatoms. The van der Waals surface area contributed by atoms with Crippen LogP contribution in [-0.4, -0.2) is 23.8 Å². The first-order valence-corrected chi connectivity index (χ1v) is 4.80. The molecule has 1 N–H and O–H groups in total. The normalized spacial score (nSPS) is 10.3. The quantitative estimate of drug-likeness (QED) is 0.794. The molecule has 3 nitrogen and oxygen atoms in total. The number of aliphatic hydroxyl groups excluding tert-OH is 1. The minimum Gasteiger partial charge on any atom is -0.496 e. The van der Waals surface area contributed by atoms with E-state index in [4.69, 9.17) is 9.84 Å². The highest BCUT2D eigenvalue weighted by Gasteiger charge is 2.08. The number of aryl methyl sites for hydroxylation is 2. The van der Waals surface area contributed by atoms with Gasteiger partial charge < -0.3 is 9.84 Å². The average Bonchev–Trinajstić information content (AvgIpc) is 2.18. The lowest BCUT2D eigenvalue weighted by molar-refractivity contribution is 0.288. The molecule has 0 fully saturated rings. The predicted octanol–water partition coefficient (Wildman–Crippen LogP) is 1.63. The van der Waals surface area contributed by atoms with Crippen molar-refractivity contribution in [2.45, 2.75) is 26.7 Å². The van der Waals surface area contributed by atoms with E-state index in [1.165, 1.54) is 0 Å². The van der Waals surface area contributed by atoms with Crippen LogP contribution in [0.5, 0.6) is 5.75 Å². The van der Waals surface area contributed by atoms with Crippen molar-refractivity contribution in [2.75, 3.05) is 13.7 Å². The van der Waals surface area contributed by atoms with Crippen molar-refractivity contribution in [3.8, 4) is 5.75 Å². The summed E-state index contributed by atoms with van der Waals surface area (Å²) in [6, 6.07) is 0. The van der Waals surface area contributed by atoms with Crippen molar-refractivity contribution in [2.24, 2.45) is 0 Å². The molecular formula is C11H17NO2. The Bertz CT molecular complexity index is 310. The van der Waals surface area contributed by atoms with Gasteiger partial charge in [0.1, 0.15) is 5.75 Å². The summed E-state index contributed by atoms with van der Waals surface area (Å²) in [6.45, 7) is 4.19. The third-order valence-corrected chi connectivity index (χ3v) is 2.32. The Kier molecular flexibility index (Phi) is 3.89. The van der Waals surface area contributed by atoms with Crippen molar-refractivity contribution in [3.63, 3.8) is 0 Å². The summed E-state index contributed by atoms with van der Waals surface area (Å²) in [5.41, 5.74) is 3.15. The van der Waals surface area contributed by atoms with E-state index in [2.05, 4.69) is 4.98 Å². The van der Waals surface area contributed by atoms with Crippen molar-refractivity contribution in [1.29, 1.82) is 0 Å². The molecule has 1 aromatic rings. The van der Waals surface area contributed by atoms with E-state index in [0.29, 0.717) is 0 Å². The topological polar surface area (TPSA) is 42.4 Å². The number of aromatic nitrogens is 1. The van der Waals surface area contributed by atoms with Crippen LogP contribution in [0.15, 0.2) is 6.20 Å². The van der Waals surface area contributed by atoms with Gasteiger partial charge in [-0.2, -0.15) is 0 Å². The molecule has 0 radical (unpaired) electrons. The van der Waals surface area contributed by atoms with Gasteiger partial charge in [-0.3, -0.25) is 4.98 Å². The van der Waals surface area contributed by atoms with Gasteiger partial charge in [-0.05, 0) is 26.7 Å². The number of hydrogen-bond acceptors (Lipinski definition) is 3. The summed E-state index contributed by atoms with van der Waals surface area (Å²) in [7, 11) is 1.67. The SMILES string of the molecule is COc1c(C)cnc(CCCO)c1C. The van der Waals surface area contributed by atoms with Crippen LogP contribution in [0.25, 0.3) is 0 Å². The third-order valence-electron chi connectivity index (χ3n) is 2.32. The minimum atomic E-state index is 0.206. The largest absolute Gasteiger partial charge is 0.496 e. The second-order valence-electron chi connectivity index (χ2n) is 3.37. The molecule has 1 aromatic heterocycles. The average molecular weight is 195 g/mol. The van der Waals surface area contributed by atoms with Crippen LogP contribution >= 0.6 is 0 Å². The molecule has 0 spiro atoms. The summed E-state index contributed by atoms with van der Waals surface area (Å²) in [5, 5.41) is 8.74. The van der Waals surface area contributed by atoms with Gasteiger partial charge in [0, 0.05) is 29.6 Å². The summed E-state index contributed by atoms with van der Waals surface area (Å²) < 4.78 is 5.29. The van der Waals surface area contributed by atoms with Gasteiger partial charge in [0.2, 0.25) is 0 Å². The highest BCUT2D eigenvalue weighted by atomic mass is 16.5. The van der Waals surface area contributed by atoms with Crippen LogP contribution < -0.4 is 4.74 Å². The summed E-state index contributed by atoms with van der Waals surface area (Å²) in [6.07, 6.45) is 3.37. The Morgan fingerprint density at radius 2 is 2.14 bits per heavy atom. The molecule has 0 aliphatic rings. The fourth-order valence-electron chi connectivity index (χ4n) is 1.57. The molecule has 0 saturated heterocycles. The van der Waals surface area contributed by atoms with E-state index in [0.717, 1.165) is 35.4 Å². The number of nitrogens with zero attached hydrogens (tertiary/aromatic N) is 1. The van der Waals surface area contributed by atoms with Crippen LogP contribution in [0.3, 0.4) is 0 Å². The van der Waals surface area contributed by atoms with Crippen molar-refractivity contribution in [1.82, 2.24) is 4.98 Å². The molecule has 0 atom stereocenters. The molecule has 0 aliphatic heterocycles. The molecule has 0 unspecified atom stereocenters. The fraction of sp³-hybridized carbons (Fsp3) is 0.545. The second kappa shape index (κ2) is 4.96. The number of rotatable bonds is 4. The van der Waals surface area contributed by atoms with Gasteiger partial charge in [-0.25, -0.2) is 0 Å². The van der Waals surface area contributed by atoms with Crippen LogP contribution in [0.2, 0.25) is 0 Å². The zero-order valence-electron chi connectivity index (χ0n) is 9.00. The minimum absolute atomic E-state index is 0.206. The molecule has 0 bridgehead atoms. The smallest absolute Gasteiger partial charge is 0.128 e. The van der Waals surface area contributed by atoms with Crippen molar-refractivity contribution >= 4 is 0 Å². The second-order valence-corrected chi connectivity index (χ2v) is 3.37. The summed E-state index contributed by atoms with van der Waals surface area (Å²) in [5.74, 6) is 0.910. The Labute approximate surface area is 84.7 Å². The van der Waals surface area contributed by atoms with Crippen LogP contribution in [-0.2, 0) is 6.42 Å². The van der Waals surface area contributed by atoms with Crippen molar-refractivity contribution < 1.29 is 9.84 Å². The Morgan fingerprint density at radius 1 is 1.43 bits per heavy atom. The third kappa shape index (κ3) is 2.23. The van der Waals surface area contributed by atoms with Gasteiger partial charge in [-0.1, -0.05) is 0 Å². The maximum Gasteiger partial charge on any atom is 0.128 e. The monoisotopic (exact) mass is 195 g/mol. The molecule has 1 heterocycles. The van der Waals surface area contributed by atoms with Gasteiger partial charge in [0.25, 0.3) is 0 Å². The van der Waals surface area contributed by atoms with E-state index in [-0.39, 0.29) is 6.61 Å². The first-order valence-electron chi connectivity index (χ1n) is 4.80. The Balaban J connectivity index is 2.96. The molecular weight excluding hydrogens is 178 g/mol. The van der Waals surface area contributed by atoms with Crippen LogP contribution in [0, 0.1) is 13.8 Å².